The second-order valence-electron chi connectivity index (χ2n) is 4.94. The lowest BCUT2D eigenvalue weighted by atomic mass is 9.93. The molecule has 0 amide bonds. The average Bonchev–Trinajstić information content (AvgIpc) is 2.78. The van der Waals surface area contributed by atoms with E-state index in [1.807, 2.05) is 0 Å². The molecule has 1 heterocycles. The number of nitrogens with two attached hydrogens (primary N) is 1. The van der Waals surface area contributed by atoms with E-state index in [9.17, 15) is 0 Å². The van der Waals surface area contributed by atoms with Crippen LogP contribution in [-0.4, -0.2) is 6.04 Å². The van der Waals surface area contributed by atoms with Gasteiger partial charge in [0.1, 0.15) is 0 Å². The summed E-state index contributed by atoms with van der Waals surface area (Å²) in [5.74, 6) is 0. The molecule has 2 heteroatoms. The molecule has 1 unspecified atom stereocenters. The molecule has 3 N–H and O–H groups in total. The van der Waals surface area contributed by atoms with Gasteiger partial charge in [0.15, 0.2) is 0 Å². The van der Waals surface area contributed by atoms with E-state index in [1.165, 1.54) is 27.9 Å². The van der Waals surface area contributed by atoms with Crippen LogP contribution < -0.4 is 11.1 Å². The van der Waals surface area contributed by atoms with Crippen LogP contribution in [0.25, 0.3) is 11.1 Å². The van der Waals surface area contributed by atoms with Crippen LogP contribution in [0.3, 0.4) is 0 Å². The van der Waals surface area contributed by atoms with Crippen molar-refractivity contribution in [3.05, 3.63) is 53.6 Å². The molecule has 0 fully saturated rings. The Morgan fingerprint density at radius 2 is 1.89 bits per heavy atom. The highest BCUT2D eigenvalue weighted by Crippen LogP contribution is 2.36. The molecular weight excluding hydrogens is 220 g/mol. The quantitative estimate of drug-likeness (QED) is 0.843. The number of benzene rings is 2. The van der Waals surface area contributed by atoms with Crippen LogP contribution >= 0.6 is 0 Å². The van der Waals surface area contributed by atoms with E-state index in [4.69, 9.17) is 5.73 Å². The second kappa shape index (κ2) is 4.46. The largest absolute Gasteiger partial charge is 0.382 e. The molecule has 1 aliphatic heterocycles. The highest BCUT2D eigenvalue weighted by Gasteiger charge is 2.20. The summed E-state index contributed by atoms with van der Waals surface area (Å²) in [5, 5.41) is 3.51. The van der Waals surface area contributed by atoms with E-state index in [1.54, 1.807) is 0 Å². The molecule has 2 nitrogen and oxygen atoms in total. The number of anilines is 1. The lowest BCUT2D eigenvalue weighted by Gasteiger charge is -2.11. The lowest BCUT2D eigenvalue weighted by Crippen LogP contribution is -2.08. The van der Waals surface area contributed by atoms with Crippen molar-refractivity contribution >= 4 is 5.69 Å². The summed E-state index contributed by atoms with van der Waals surface area (Å²) >= 11 is 0. The van der Waals surface area contributed by atoms with Crippen LogP contribution in [0.5, 0.6) is 0 Å². The molecule has 92 valence electrons. The molecule has 0 saturated carbocycles. The Labute approximate surface area is 108 Å². The van der Waals surface area contributed by atoms with Crippen LogP contribution in [0, 0.1) is 0 Å². The minimum Gasteiger partial charge on any atom is -0.382 e. The van der Waals surface area contributed by atoms with Crippen LogP contribution in [0.15, 0.2) is 42.5 Å². The summed E-state index contributed by atoms with van der Waals surface area (Å²) in [5.41, 5.74) is 12.3. The maximum Gasteiger partial charge on any atom is 0.0381 e. The Morgan fingerprint density at radius 3 is 2.72 bits per heavy atom. The van der Waals surface area contributed by atoms with E-state index < -0.39 is 0 Å². The molecule has 0 saturated heterocycles. The Balaban J connectivity index is 2.16. The predicted octanol–water partition coefficient (Wildman–Crippen LogP) is 3.17. The Kier molecular flexibility index (Phi) is 2.80. The van der Waals surface area contributed by atoms with Crippen molar-refractivity contribution in [3.63, 3.8) is 0 Å². The smallest absolute Gasteiger partial charge is 0.0381 e. The van der Waals surface area contributed by atoms with Crippen molar-refractivity contribution in [2.45, 2.75) is 25.9 Å². The van der Waals surface area contributed by atoms with E-state index in [-0.39, 0.29) is 0 Å². The summed E-state index contributed by atoms with van der Waals surface area (Å²) < 4.78 is 0. The molecule has 18 heavy (non-hydrogen) atoms. The third-order valence-electron chi connectivity index (χ3n) is 3.62. The number of fused-ring (bicyclic) bond motifs is 1. The molecule has 3 rings (SSSR count). The van der Waals surface area contributed by atoms with Crippen LogP contribution in [0.4, 0.5) is 5.69 Å². The second-order valence-corrected chi connectivity index (χ2v) is 4.94. The monoisotopic (exact) mass is 238 g/mol. The normalized spacial score (nSPS) is 17.3. The van der Waals surface area contributed by atoms with E-state index in [2.05, 4.69) is 54.7 Å². The summed E-state index contributed by atoms with van der Waals surface area (Å²) in [6.07, 6.45) is 1.09. The fourth-order valence-corrected chi connectivity index (χ4v) is 2.78. The van der Waals surface area contributed by atoms with Gasteiger partial charge in [-0.1, -0.05) is 36.4 Å². The van der Waals surface area contributed by atoms with Crippen molar-refractivity contribution in [2.75, 3.05) is 5.32 Å². The molecule has 1 atom stereocenters. The van der Waals surface area contributed by atoms with Crippen molar-refractivity contribution in [1.82, 2.24) is 0 Å². The molecular formula is C16H18N2. The third kappa shape index (κ3) is 1.79. The van der Waals surface area contributed by atoms with E-state index in [0.29, 0.717) is 12.6 Å². The summed E-state index contributed by atoms with van der Waals surface area (Å²) in [6, 6.07) is 15.4. The minimum atomic E-state index is 0.520. The summed E-state index contributed by atoms with van der Waals surface area (Å²) in [6.45, 7) is 2.81. The highest BCUT2D eigenvalue weighted by atomic mass is 14.9. The predicted molar refractivity (Wildman–Crippen MR) is 76.6 cm³/mol. The zero-order valence-corrected chi connectivity index (χ0v) is 10.6. The number of rotatable bonds is 2. The maximum absolute atomic E-state index is 5.84. The van der Waals surface area contributed by atoms with Gasteiger partial charge >= 0.3 is 0 Å². The molecule has 0 aromatic heterocycles. The SMILES string of the molecule is CC1Cc2c(cccc2-c2ccccc2CN)N1. The number of hydrogen-bond acceptors (Lipinski definition) is 2. The van der Waals surface area contributed by atoms with Crippen molar-refractivity contribution in [3.8, 4) is 11.1 Å². The first kappa shape index (κ1) is 11.3. The lowest BCUT2D eigenvalue weighted by molar-refractivity contribution is 0.840. The molecule has 0 radical (unpaired) electrons. The van der Waals surface area contributed by atoms with Crippen LogP contribution in [0.1, 0.15) is 18.1 Å². The van der Waals surface area contributed by atoms with Gasteiger partial charge in [-0.05, 0) is 41.7 Å². The fourth-order valence-electron chi connectivity index (χ4n) is 2.78. The van der Waals surface area contributed by atoms with Crippen molar-refractivity contribution in [2.24, 2.45) is 5.73 Å². The molecule has 2 aromatic carbocycles. The van der Waals surface area contributed by atoms with Gasteiger partial charge < -0.3 is 11.1 Å². The van der Waals surface area contributed by atoms with Gasteiger partial charge in [0, 0.05) is 18.3 Å². The first-order valence-electron chi connectivity index (χ1n) is 6.46. The van der Waals surface area contributed by atoms with Gasteiger partial charge in [-0.25, -0.2) is 0 Å². The highest BCUT2D eigenvalue weighted by molar-refractivity contribution is 5.78. The fraction of sp³-hybridized carbons (Fsp3) is 0.250. The zero-order chi connectivity index (χ0) is 12.5. The van der Waals surface area contributed by atoms with Gasteiger partial charge in [0.2, 0.25) is 0 Å². The van der Waals surface area contributed by atoms with Gasteiger partial charge in [-0.2, -0.15) is 0 Å². The Morgan fingerprint density at radius 1 is 1.11 bits per heavy atom. The Bertz CT molecular complexity index is 575. The Hall–Kier alpha value is -1.80. The first-order chi connectivity index (χ1) is 8.79. The maximum atomic E-state index is 5.84. The zero-order valence-electron chi connectivity index (χ0n) is 10.6. The van der Waals surface area contributed by atoms with E-state index in [0.717, 1.165) is 6.42 Å². The minimum absolute atomic E-state index is 0.520. The number of nitrogens with one attached hydrogen (secondary N) is 1. The molecule has 2 aromatic rings. The number of hydrogen-bond donors (Lipinski definition) is 2. The summed E-state index contributed by atoms with van der Waals surface area (Å²) in [4.78, 5) is 0. The summed E-state index contributed by atoms with van der Waals surface area (Å²) in [7, 11) is 0. The van der Waals surface area contributed by atoms with Gasteiger partial charge in [0.25, 0.3) is 0 Å². The standard InChI is InChI=1S/C16H18N2/c1-11-9-15-14(7-4-8-16(15)18-11)13-6-3-2-5-12(13)10-17/h2-8,11,18H,9-10,17H2,1H3. The van der Waals surface area contributed by atoms with Gasteiger partial charge in [-0.15, -0.1) is 0 Å². The topological polar surface area (TPSA) is 38.0 Å². The molecule has 1 aliphatic rings. The molecule has 0 spiro atoms. The van der Waals surface area contributed by atoms with E-state index >= 15 is 0 Å². The van der Waals surface area contributed by atoms with Gasteiger partial charge in [0.05, 0.1) is 0 Å². The third-order valence-corrected chi connectivity index (χ3v) is 3.62. The van der Waals surface area contributed by atoms with Crippen LogP contribution in [-0.2, 0) is 13.0 Å². The molecule has 0 aliphatic carbocycles. The van der Waals surface area contributed by atoms with Crippen LogP contribution in [0.2, 0.25) is 0 Å². The molecule has 0 bridgehead atoms. The van der Waals surface area contributed by atoms with Gasteiger partial charge in [-0.3, -0.25) is 0 Å². The average molecular weight is 238 g/mol. The first-order valence-corrected chi connectivity index (χ1v) is 6.46. The van der Waals surface area contributed by atoms with Crippen molar-refractivity contribution < 1.29 is 0 Å². The van der Waals surface area contributed by atoms with Crippen molar-refractivity contribution in [1.29, 1.82) is 0 Å².